The van der Waals surface area contributed by atoms with Crippen molar-refractivity contribution in [3.8, 4) is 0 Å². The maximum absolute atomic E-state index is 13.2. The van der Waals surface area contributed by atoms with Crippen molar-refractivity contribution < 1.29 is 4.39 Å². The van der Waals surface area contributed by atoms with Gasteiger partial charge in [-0.2, -0.15) is 0 Å². The van der Waals surface area contributed by atoms with Crippen molar-refractivity contribution >= 4 is 17.0 Å². The van der Waals surface area contributed by atoms with E-state index in [4.69, 9.17) is 5.84 Å². The highest BCUT2D eigenvalue weighted by atomic mass is 19.1. The maximum Gasteiger partial charge on any atom is 0.218 e. The SMILES string of the molecule is NNc1nc2cc(F)ccc2n1C1CCCCC1. The fourth-order valence-corrected chi connectivity index (χ4v) is 2.88. The van der Waals surface area contributed by atoms with E-state index in [9.17, 15) is 4.39 Å². The van der Waals surface area contributed by atoms with Gasteiger partial charge in [0.05, 0.1) is 11.0 Å². The first kappa shape index (κ1) is 11.5. The van der Waals surface area contributed by atoms with Crippen LogP contribution in [0, 0.1) is 5.82 Å². The van der Waals surface area contributed by atoms with E-state index in [0.717, 1.165) is 18.4 Å². The summed E-state index contributed by atoms with van der Waals surface area (Å²) in [6.07, 6.45) is 6.03. The Morgan fingerprint density at radius 3 is 2.78 bits per heavy atom. The predicted molar refractivity (Wildman–Crippen MR) is 69.6 cm³/mol. The van der Waals surface area contributed by atoms with E-state index in [0.29, 0.717) is 17.5 Å². The van der Waals surface area contributed by atoms with Gasteiger partial charge in [0.1, 0.15) is 5.82 Å². The standard InChI is InChI=1S/C13H17FN4/c14-9-6-7-12-11(8-9)16-13(17-15)18(12)10-4-2-1-3-5-10/h6-8,10H,1-5,15H2,(H,16,17). The van der Waals surface area contributed by atoms with E-state index in [2.05, 4.69) is 15.0 Å². The lowest BCUT2D eigenvalue weighted by molar-refractivity contribution is 0.362. The first-order valence-corrected chi connectivity index (χ1v) is 6.43. The Morgan fingerprint density at radius 1 is 1.28 bits per heavy atom. The molecule has 96 valence electrons. The highest BCUT2D eigenvalue weighted by Crippen LogP contribution is 2.34. The number of benzene rings is 1. The number of nitrogens with zero attached hydrogens (tertiary/aromatic N) is 2. The molecule has 0 spiro atoms. The minimum atomic E-state index is -0.264. The van der Waals surface area contributed by atoms with E-state index in [-0.39, 0.29) is 5.82 Å². The van der Waals surface area contributed by atoms with Crippen LogP contribution in [0.2, 0.25) is 0 Å². The topological polar surface area (TPSA) is 55.9 Å². The zero-order chi connectivity index (χ0) is 12.5. The number of hydrazine groups is 1. The number of nitrogens with two attached hydrogens (primary N) is 1. The van der Waals surface area contributed by atoms with Crippen molar-refractivity contribution in [2.24, 2.45) is 5.84 Å². The van der Waals surface area contributed by atoms with Crippen molar-refractivity contribution in [1.82, 2.24) is 9.55 Å². The minimum Gasteiger partial charge on any atom is -0.306 e. The van der Waals surface area contributed by atoms with Crippen molar-refractivity contribution in [3.05, 3.63) is 24.0 Å². The average molecular weight is 248 g/mol. The monoisotopic (exact) mass is 248 g/mol. The number of rotatable bonds is 2. The van der Waals surface area contributed by atoms with Gasteiger partial charge in [-0.15, -0.1) is 0 Å². The molecule has 3 rings (SSSR count). The molecule has 0 radical (unpaired) electrons. The van der Waals surface area contributed by atoms with Crippen LogP contribution in [0.3, 0.4) is 0 Å². The summed E-state index contributed by atoms with van der Waals surface area (Å²) in [7, 11) is 0. The van der Waals surface area contributed by atoms with Crippen LogP contribution in [-0.2, 0) is 0 Å². The van der Waals surface area contributed by atoms with Crippen molar-refractivity contribution in [2.75, 3.05) is 5.43 Å². The molecule has 0 aliphatic heterocycles. The maximum atomic E-state index is 13.2. The normalized spacial score (nSPS) is 17.2. The molecule has 4 nitrogen and oxygen atoms in total. The summed E-state index contributed by atoms with van der Waals surface area (Å²) < 4.78 is 15.3. The summed E-state index contributed by atoms with van der Waals surface area (Å²) >= 11 is 0. The predicted octanol–water partition coefficient (Wildman–Crippen LogP) is 2.97. The van der Waals surface area contributed by atoms with Gasteiger partial charge in [-0.05, 0) is 25.0 Å². The second-order valence-electron chi connectivity index (χ2n) is 4.87. The van der Waals surface area contributed by atoms with Gasteiger partial charge in [0.15, 0.2) is 0 Å². The molecule has 5 heteroatoms. The summed E-state index contributed by atoms with van der Waals surface area (Å²) in [5.41, 5.74) is 4.25. The Kier molecular flexibility index (Phi) is 2.91. The Labute approximate surface area is 105 Å². The number of nitrogen functional groups attached to an aromatic ring is 1. The molecule has 0 atom stereocenters. The average Bonchev–Trinajstić information content (AvgIpc) is 2.77. The summed E-state index contributed by atoms with van der Waals surface area (Å²) in [6.45, 7) is 0. The lowest BCUT2D eigenvalue weighted by Gasteiger charge is -2.25. The third kappa shape index (κ3) is 1.84. The summed E-state index contributed by atoms with van der Waals surface area (Å²) in [5.74, 6) is 5.89. The van der Waals surface area contributed by atoms with Crippen LogP contribution in [0.15, 0.2) is 18.2 Å². The van der Waals surface area contributed by atoms with Gasteiger partial charge >= 0.3 is 0 Å². The van der Waals surface area contributed by atoms with E-state index in [1.54, 1.807) is 6.07 Å². The molecule has 1 aromatic heterocycles. The van der Waals surface area contributed by atoms with Gasteiger partial charge in [0, 0.05) is 12.1 Å². The zero-order valence-electron chi connectivity index (χ0n) is 10.2. The molecule has 1 fully saturated rings. The smallest absolute Gasteiger partial charge is 0.218 e. The second-order valence-corrected chi connectivity index (χ2v) is 4.87. The Balaban J connectivity index is 2.12. The van der Waals surface area contributed by atoms with E-state index in [1.165, 1.54) is 31.4 Å². The number of nitrogens with one attached hydrogen (secondary N) is 1. The number of fused-ring (bicyclic) bond motifs is 1. The van der Waals surface area contributed by atoms with E-state index < -0.39 is 0 Å². The van der Waals surface area contributed by atoms with Crippen LogP contribution >= 0.6 is 0 Å². The summed E-state index contributed by atoms with van der Waals surface area (Å²) in [6, 6.07) is 5.13. The fourth-order valence-electron chi connectivity index (χ4n) is 2.88. The van der Waals surface area contributed by atoms with Gasteiger partial charge in [-0.3, -0.25) is 5.43 Å². The van der Waals surface area contributed by atoms with Crippen molar-refractivity contribution in [2.45, 2.75) is 38.1 Å². The second kappa shape index (κ2) is 4.57. The molecule has 2 aromatic rings. The Hall–Kier alpha value is -1.62. The molecule has 1 heterocycles. The van der Waals surface area contributed by atoms with Crippen LogP contribution in [0.25, 0.3) is 11.0 Å². The van der Waals surface area contributed by atoms with Crippen LogP contribution < -0.4 is 11.3 Å². The summed E-state index contributed by atoms with van der Waals surface area (Å²) in [4.78, 5) is 4.35. The highest BCUT2D eigenvalue weighted by molar-refractivity contribution is 5.78. The highest BCUT2D eigenvalue weighted by Gasteiger charge is 2.21. The lowest BCUT2D eigenvalue weighted by Crippen LogP contribution is -2.18. The number of halogens is 1. The van der Waals surface area contributed by atoms with Crippen LogP contribution in [-0.4, -0.2) is 9.55 Å². The minimum absolute atomic E-state index is 0.264. The van der Waals surface area contributed by atoms with Crippen LogP contribution in [0.1, 0.15) is 38.1 Å². The molecular formula is C13H17FN4. The quantitative estimate of drug-likeness (QED) is 0.634. The number of imidazole rings is 1. The fraction of sp³-hybridized carbons (Fsp3) is 0.462. The molecular weight excluding hydrogens is 231 g/mol. The molecule has 18 heavy (non-hydrogen) atoms. The van der Waals surface area contributed by atoms with Gasteiger partial charge in [0.25, 0.3) is 0 Å². The summed E-state index contributed by atoms with van der Waals surface area (Å²) in [5, 5.41) is 0. The number of hydrogen-bond donors (Lipinski definition) is 2. The van der Waals surface area contributed by atoms with Gasteiger partial charge in [-0.1, -0.05) is 19.3 Å². The van der Waals surface area contributed by atoms with Crippen LogP contribution in [0.4, 0.5) is 10.3 Å². The molecule has 1 aromatic carbocycles. The number of aromatic nitrogens is 2. The number of anilines is 1. The number of hydrogen-bond acceptors (Lipinski definition) is 3. The van der Waals surface area contributed by atoms with Crippen LogP contribution in [0.5, 0.6) is 0 Å². The lowest BCUT2D eigenvalue weighted by atomic mass is 9.95. The first-order chi connectivity index (χ1) is 8.79. The van der Waals surface area contributed by atoms with Gasteiger partial charge < -0.3 is 4.57 Å². The molecule has 0 unspecified atom stereocenters. The van der Waals surface area contributed by atoms with Crippen molar-refractivity contribution in [1.29, 1.82) is 0 Å². The Bertz CT molecular complexity index is 557. The van der Waals surface area contributed by atoms with E-state index in [1.807, 2.05) is 0 Å². The molecule has 1 saturated carbocycles. The van der Waals surface area contributed by atoms with Crippen molar-refractivity contribution in [3.63, 3.8) is 0 Å². The Morgan fingerprint density at radius 2 is 2.06 bits per heavy atom. The first-order valence-electron chi connectivity index (χ1n) is 6.43. The molecule has 1 aliphatic carbocycles. The largest absolute Gasteiger partial charge is 0.306 e. The van der Waals surface area contributed by atoms with E-state index >= 15 is 0 Å². The van der Waals surface area contributed by atoms with Gasteiger partial charge in [0.2, 0.25) is 5.95 Å². The molecule has 0 amide bonds. The molecule has 3 N–H and O–H groups in total. The molecule has 0 bridgehead atoms. The molecule has 0 saturated heterocycles. The third-order valence-electron chi connectivity index (χ3n) is 3.72. The van der Waals surface area contributed by atoms with Gasteiger partial charge in [-0.25, -0.2) is 15.2 Å². The zero-order valence-corrected chi connectivity index (χ0v) is 10.2. The third-order valence-corrected chi connectivity index (χ3v) is 3.72. The molecule has 1 aliphatic rings.